The second kappa shape index (κ2) is 8.70. The molecule has 0 radical (unpaired) electrons. The van der Waals surface area contributed by atoms with Gasteiger partial charge in [0, 0.05) is 17.0 Å². The minimum Gasteiger partial charge on any atom is -0.497 e. The number of hydrogen-bond donors (Lipinski definition) is 1. The SMILES string of the molecule is COc1ccc(-c2oc(C3CCNCC3)nc2-c2ccc(OC(C)C)cc2)cc1. The summed E-state index contributed by atoms with van der Waals surface area (Å²) < 4.78 is 17.4. The number of oxazole rings is 1. The Morgan fingerprint density at radius 1 is 0.931 bits per heavy atom. The fourth-order valence-corrected chi connectivity index (χ4v) is 3.68. The molecule has 152 valence electrons. The van der Waals surface area contributed by atoms with Gasteiger partial charge in [-0.05, 0) is 88.3 Å². The molecule has 0 spiro atoms. The Morgan fingerprint density at radius 3 is 2.17 bits per heavy atom. The van der Waals surface area contributed by atoms with Gasteiger partial charge in [-0.1, -0.05) is 0 Å². The van der Waals surface area contributed by atoms with E-state index in [4.69, 9.17) is 18.9 Å². The molecule has 4 rings (SSSR count). The van der Waals surface area contributed by atoms with Gasteiger partial charge in [0.05, 0.1) is 13.2 Å². The molecule has 5 heteroatoms. The van der Waals surface area contributed by atoms with Gasteiger partial charge in [-0.2, -0.15) is 0 Å². The standard InChI is InChI=1S/C24H28N2O3/c1-16(2)28-21-10-4-17(5-11-21)22-23(18-6-8-20(27-3)9-7-18)29-24(26-22)19-12-14-25-15-13-19/h4-11,16,19,25H,12-15H2,1-3H3. The van der Waals surface area contributed by atoms with Crippen molar-refractivity contribution >= 4 is 0 Å². The van der Waals surface area contributed by atoms with E-state index in [0.717, 1.165) is 65.9 Å². The molecule has 0 unspecified atom stereocenters. The Balaban J connectivity index is 1.72. The number of methoxy groups -OCH3 is 1. The first kappa shape index (κ1) is 19.5. The van der Waals surface area contributed by atoms with Gasteiger partial charge in [0.15, 0.2) is 11.7 Å². The topological polar surface area (TPSA) is 56.5 Å². The van der Waals surface area contributed by atoms with Gasteiger partial charge < -0.3 is 19.2 Å². The van der Waals surface area contributed by atoms with E-state index in [9.17, 15) is 0 Å². The van der Waals surface area contributed by atoms with Crippen LogP contribution in [0.15, 0.2) is 52.9 Å². The molecule has 0 atom stereocenters. The maximum absolute atomic E-state index is 6.35. The van der Waals surface area contributed by atoms with Gasteiger partial charge in [0.1, 0.15) is 17.2 Å². The number of nitrogens with one attached hydrogen (secondary N) is 1. The van der Waals surface area contributed by atoms with Crippen LogP contribution < -0.4 is 14.8 Å². The highest BCUT2D eigenvalue weighted by Crippen LogP contribution is 2.37. The predicted octanol–water partition coefficient (Wildman–Crippen LogP) is 5.27. The van der Waals surface area contributed by atoms with Crippen molar-refractivity contribution in [2.45, 2.75) is 38.7 Å². The number of piperidine rings is 1. The molecule has 3 aromatic rings. The zero-order valence-corrected chi connectivity index (χ0v) is 17.3. The maximum Gasteiger partial charge on any atom is 0.198 e. The minimum absolute atomic E-state index is 0.147. The average molecular weight is 392 g/mol. The van der Waals surface area contributed by atoms with Crippen LogP contribution in [0.4, 0.5) is 0 Å². The van der Waals surface area contributed by atoms with Crippen molar-refractivity contribution in [1.82, 2.24) is 10.3 Å². The highest BCUT2D eigenvalue weighted by molar-refractivity contribution is 5.77. The van der Waals surface area contributed by atoms with E-state index in [1.165, 1.54) is 0 Å². The van der Waals surface area contributed by atoms with E-state index in [1.807, 2.05) is 50.2 Å². The molecule has 1 fully saturated rings. The van der Waals surface area contributed by atoms with Crippen LogP contribution in [-0.4, -0.2) is 31.3 Å². The largest absolute Gasteiger partial charge is 0.497 e. The third-order valence-corrected chi connectivity index (χ3v) is 5.18. The second-order valence-electron chi connectivity index (χ2n) is 7.67. The summed E-state index contributed by atoms with van der Waals surface area (Å²) in [5.74, 6) is 3.67. The summed E-state index contributed by atoms with van der Waals surface area (Å²) in [6, 6.07) is 16.0. The molecule has 0 saturated carbocycles. The number of nitrogens with zero attached hydrogens (tertiary/aromatic N) is 1. The first-order valence-corrected chi connectivity index (χ1v) is 10.3. The van der Waals surface area contributed by atoms with Crippen molar-refractivity contribution in [3.8, 4) is 34.1 Å². The zero-order chi connectivity index (χ0) is 20.2. The van der Waals surface area contributed by atoms with Crippen LogP contribution >= 0.6 is 0 Å². The fourth-order valence-electron chi connectivity index (χ4n) is 3.68. The summed E-state index contributed by atoms with van der Waals surface area (Å²) in [4.78, 5) is 4.95. The lowest BCUT2D eigenvalue weighted by Gasteiger charge is -2.19. The highest BCUT2D eigenvalue weighted by Gasteiger charge is 2.24. The quantitative estimate of drug-likeness (QED) is 0.619. The van der Waals surface area contributed by atoms with E-state index in [1.54, 1.807) is 7.11 Å². The van der Waals surface area contributed by atoms with E-state index >= 15 is 0 Å². The van der Waals surface area contributed by atoms with Gasteiger partial charge in [-0.25, -0.2) is 4.98 Å². The van der Waals surface area contributed by atoms with Crippen molar-refractivity contribution in [2.24, 2.45) is 0 Å². The Labute approximate surface area is 172 Å². The number of ether oxygens (including phenoxy) is 2. The summed E-state index contributed by atoms with van der Waals surface area (Å²) >= 11 is 0. The summed E-state index contributed by atoms with van der Waals surface area (Å²) in [7, 11) is 1.67. The van der Waals surface area contributed by atoms with Crippen molar-refractivity contribution in [3.63, 3.8) is 0 Å². The van der Waals surface area contributed by atoms with Crippen molar-refractivity contribution < 1.29 is 13.9 Å². The van der Waals surface area contributed by atoms with E-state index < -0.39 is 0 Å². The fraction of sp³-hybridized carbons (Fsp3) is 0.375. The van der Waals surface area contributed by atoms with Gasteiger partial charge in [0.2, 0.25) is 0 Å². The van der Waals surface area contributed by atoms with Crippen LogP contribution in [0.1, 0.15) is 38.5 Å². The normalized spacial score (nSPS) is 14.9. The lowest BCUT2D eigenvalue weighted by atomic mass is 9.98. The average Bonchev–Trinajstić information content (AvgIpc) is 3.20. The molecule has 0 bridgehead atoms. The van der Waals surface area contributed by atoms with Crippen molar-refractivity contribution in [3.05, 3.63) is 54.4 Å². The summed E-state index contributed by atoms with van der Waals surface area (Å²) in [6.07, 6.45) is 2.24. The number of benzene rings is 2. The maximum atomic E-state index is 6.35. The Bertz CT molecular complexity index is 924. The van der Waals surface area contributed by atoms with Crippen LogP contribution in [-0.2, 0) is 0 Å². The van der Waals surface area contributed by atoms with Gasteiger partial charge >= 0.3 is 0 Å². The van der Waals surface area contributed by atoms with E-state index in [2.05, 4.69) is 17.4 Å². The van der Waals surface area contributed by atoms with Crippen molar-refractivity contribution in [2.75, 3.05) is 20.2 Å². The smallest absolute Gasteiger partial charge is 0.198 e. The molecule has 2 heterocycles. The van der Waals surface area contributed by atoms with Gasteiger partial charge in [0.25, 0.3) is 0 Å². The lowest BCUT2D eigenvalue weighted by Crippen LogP contribution is -2.26. The molecule has 0 aliphatic carbocycles. The molecular weight excluding hydrogens is 364 g/mol. The molecule has 1 saturated heterocycles. The molecule has 1 aromatic heterocycles. The predicted molar refractivity (Wildman–Crippen MR) is 115 cm³/mol. The minimum atomic E-state index is 0.147. The highest BCUT2D eigenvalue weighted by atomic mass is 16.5. The second-order valence-corrected chi connectivity index (χ2v) is 7.67. The number of rotatable bonds is 6. The number of hydrogen-bond acceptors (Lipinski definition) is 5. The Morgan fingerprint density at radius 2 is 1.55 bits per heavy atom. The summed E-state index contributed by atoms with van der Waals surface area (Å²) in [5.41, 5.74) is 2.90. The molecule has 1 N–H and O–H groups in total. The zero-order valence-electron chi connectivity index (χ0n) is 17.3. The molecular formula is C24H28N2O3. The van der Waals surface area contributed by atoms with Gasteiger partial charge in [-0.15, -0.1) is 0 Å². The third-order valence-electron chi connectivity index (χ3n) is 5.18. The number of aromatic nitrogens is 1. The summed E-state index contributed by atoms with van der Waals surface area (Å²) in [6.45, 7) is 6.06. The monoisotopic (exact) mass is 392 g/mol. The first-order valence-electron chi connectivity index (χ1n) is 10.3. The molecule has 2 aromatic carbocycles. The first-order chi connectivity index (χ1) is 14.1. The lowest BCUT2D eigenvalue weighted by molar-refractivity contribution is 0.242. The van der Waals surface area contributed by atoms with Crippen molar-refractivity contribution in [1.29, 1.82) is 0 Å². The molecule has 5 nitrogen and oxygen atoms in total. The van der Waals surface area contributed by atoms with Gasteiger partial charge in [-0.3, -0.25) is 0 Å². The van der Waals surface area contributed by atoms with E-state index in [0.29, 0.717) is 5.92 Å². The molecule has 29 heavy (non-hydrogen) atoms. The van der Waals surface area contributed by atoms with Crippen LogP contribution in [0, 0.1) is 0 Å². The molecule has 1 aliphatic rings. The molecule has 1 aliphatic heterocycles. The third kappa shape index (κ3) is 4.46. The Hall–Kier alpha value is -2.79. The Kier molecular flexibility index (Phi) is 5.86. The van der Waals surface area contributed by atoms with E-state index in [-0.39, 0.29) is 6.10 Å². The van der Waals surface area contributed by atoms with Crippen LogP contribution in [0.3, 0.4) is 0 Å². The van der Waals surface area contributed by atoms with Crippen LogP contribution in [0.2, 0.25) is 0 Å². The van der Waals surface area contributed by atoms with Crippen LogP contribution in [0.25, 0.3) is 22.6 Å². The molecule has 0 amide bonds. The van der Waals surface area contributed by atoms with Crippen LogP contribution in [0.5, 0.6) is 11.5 Å². The summed E-state index contributed by atoms with van der Waals surface area (Å²) in [5, 5.41) is 3.41.